The predicted octanol–water partition coefficient (Wildman–Crippen LogP) is 4.34. The molecule has 0 unspecified atom stereocenters. The lowest BCUT2D eigenvalue weighted by molar-refractivity contribution is 1.26. The Morgan fingerprint density at radius 1 is 0.609 bits per heavy atom. The van der Waals surface area contributed by atoms with Crippen LogP contribution in [0.1, 0.15) is 16.7 Å². The van der Waals surface area contributed by atoms with Crippen molar-refractivity contribution >= 4 is 30.4 Å². The summed E-state index contributed by atoms with van der Waals surface area (Å²) in [6.07, 6.45) is 0. The second-order valence-electron chi connectivity index (χ2n) is 6.28. The third-order valence-electron chi connectivity index (χ3n) is 4.33. The average Bonchev–Trinajstić information content (AvgIpc) is 2.55. The van der Waals surface area contributed by atoms with E-state index in [-0.39, 0.29) is 0 Å². The SMILES string of the molecule is Bc1ccc(N(c2ccc(C)cc2)c2ccc(C)cc2)cc1C. The summed E-state index contributed by atoms with van der Waals surface area (Å²) in [5, 5.41) is 0. The summed E-state index contributed by atoms with van der Waals surface area (Å²) < 4.78 is 0. The van der Waals surface area contributed by atoms with Gasteiger partial charge in [-0.15, -0.1) is 0 Å². The Hall–Kier alpha value is -2.48. The lowest BCUT2D eigenvalue weighted by atomic mass is 9.91. The van der Waals surface area contributed by atoms with Crippen molar-refractivity contribution in [2.75, 3.05) is 4.90 Å². The van der Waals surface area contributed by atoms with Gasteiger partial charge in [0.25, 0.3) is 0 Å². The van der Waals surface area contributed by atoms with Gasteiger partial charge in [0, 0.05) is 17.1 Å². The molecule has 0 heterocycles. The Labute approximate surface area is 140 Å². The number of anilines is 3. The highest BCUT2D eigenvalue weighted by Crippen LogP contribution is 2.34. The van der Waals surface area contributed by atoms with E-state index in [4.69, 9.17) is 0 Å². The molecule has 0 radical (unpaired) electrons. The molecule has 0 bridgehead atoms. The van der Waals surface area contributed by atoms with Crippen LogP contribution in [0.5, 0.6) is 0 Å². The van der Waals surface area contributed by atoms with Crippen LogP contribution in [0.3, 0.4) is 0 Å². The molecule has 0 saturated heterocycles. The molecule has 0 atom stereocenters. The van der Waals surface area contributed by atoms with Gasteiger partial charge in [0.2, 0.25) is 0 Å². The fraction of sp³-hybridized carbons (Fsp3) is 0.143. The first-order chi connectivity index (χ1) is 11.0. The number of nitrogens with zero attached hydrogens (tertiary/aromatic N) is 1. The molecule has 0 aliphatic rings. The lowest BCUT2D eigenvalue weighted by Crippen LogP contribution is -2.13. The summed E-state index contributed by atoms with van der Waals surface area (Å²) in [5.41, 5.74) is 8.75. The minimum atomic E-state index is 1.18. The van der Waals surface area contributed by atoms with Crippen molar-refractivity contribution in [2.24, 2.45) is 0 Å². The number of aryl methyl sites for hydroxylation is 3. The summed E-state index contributed by atoms with van der Waals surface area (Å²) in [4.78, 5) is 2.31. The Morgan fingerprint density at radius 3 is 1.48 bits per heavy atom. The quantitative estimate of drug-likeness (QED) is 0.650. The third-order valence-corrected chi connectivity index (χ3v) is 4.33. The van der Waals surface area contributed by atoms with Gasteiger partial charge >= 0.3 is 0 Å². The van der Waals surface area contributed by atoms with E-state index < -0.39 is 0 Å². The van der Waals surface area contributed by atoms with Crippen LogP contribution in [0.4, 0.5) is 17.1 Å². The van der Waals surface area contributed by atoms with E-state index in [1.807, 2.05) is 0 Å². The molecule has 0 aliphatic carbocycles. The minimum absolute atomic E-state index is 1.18. The maximum Gasteiger partial charge on any atom is 0.139 e. The van der Waals surface area contributed by atoms with Gasteiger partial charge in [-0.2, -0.15) is 0 Å². The zero-order chi connectivity index (χ0) is 16.4. The Morgan fingerprint density at radius 2 is 1.04 bits per heavy atom. The molecule has 0 amide bonds. The van der Waals surface area contributed by atoms with Crippen LogP contribution in [0, 0.1) is 20.8 Å². The summed E-state index contributed by atoms with van der Waals surface area (Å²) in [6, 6.07) is 24.0. The molecule has 0 spiro atoms. The topological polar surface area (TPSA) is 3.24 Å². The van der Waals surface area contributed by atoms with Gasteiger partial charge < -0.3 is 4.90 Å². The first kappa shape index (κ1) is 15.4. The second-order valence-corrected chi connectivity index (χ2v) is 6.28. The van der Waals surface area contributed by atoms with Crippen molar-refractivity contribution in [3.05, 3.63) is 83.4 Å². The second kappa shape index (κ2) is 6.33. The first-order valence-corrected chi connectivity index (χ1v) is 8.05. The molecule has 0 saturated carbocycles. The highest BCUT2D eigenvalue weighted by atomic mass is 15.1. The number of hydrogen-bond donors (Lipinski definition) is 0. The fourth-order valence-electron chi connectivity index (χ4n) is 2.70. The van der Waals surface area contributed by atoms with Gasteiger partial charge in [0.1, 0.15) is 7.85 Å². The maximum atomic E-state index is 2.31. The molecule has 3 aromatic rings. The standard InChI is InChI=1S/C21H22BN/c1-15-4-8-18(9-5-15)23(19-10-6-16(2)7-11-19)20-12-13-21(22)17(3)14-20/h4-14H,22H2,1-3H3. The molecule has 0 fully saturated rings. The van der Waals surface area contributed by atoms with E-state index in [0.717, 1.165) is 0 Å². The van der Waals surface area contributed by atoms with Crippen molar-refractivity contribution in [3.8, 4) is 0 Å². The zero-order valence-corrected chi connectivity index (χ0v) is 14.3. The maximum absolute atomic E-state index is 2.31. The summed E-state index contributed by atoms with van der Waals surface area (Å²) >= 11 is 0. The number of hydrogen-bond acceptors (Lipinski definition) is 1. The van der Waals surface area contributed by atoms with E-state index in [2.05, 4.69) is 100 Å². The molecular formula is C21H22BN. The largest absolute Gasteiger partial charge is 0.310 e. The van der Waals surface area contributed by atoms with Gasteiger partial charge in [-0.3, -0.25) is 0 Å². The molecule has 1 nitrogen and oxygen atoms in total. The lowest BCUT2D eigenvalue weighted by Gasteiger charge is -2.26. The van der Waals surface area contributed by atoms with Crippen LogP contribution in [-0.4, -0.2) is 7.85 Å². The van der Waals surface area contributed by atoms with Gasteiger partial charge in [-0.25, -0.2) is 0 Å². The van der Waals surface area contributed by atoms with E-state index in [1.54, 1.807) is 0 Å². The molecule has 2 heteroatoms. The first-order valence-electron chi connectivity index (χ1n) is 8.05. The zero-order valence-electron chi connectivity index (χ0n) is 14.3. The fourth-order valence-corrected chi connectivity index (χ4v) is 2.70. The highest BCUT2D eigenvalue weighted by molar-refractivity contribution is 6.33. The highest BCUT2D eigenvalue weighted by Gasteiger charge is 2.12. The molecule has 0 aliphatic heterocycles. The molecule has 0 aromatic heterocycles. The van der Waals surface area contributed by atoms with Crippen LogP contribution < -0.4 is 10.4 Å². The van der Waals surface area contributed by atoms with Crippen molar-refractivity contribution in [1.29, 1.82) is 0 Å². The van der Waals surface area contributed by atoms with Gasteiger partial charge in [-0.05, 0) is 57.2 Å². The van der Waals surface area contributed by atoms with Crippen LogP contribution >= 0.6 is 0 Å². The van der Waals surface area contributed by atoms with Crippen molar-refractivity contribution < 1.29 is 0 Å². The van der Waals surface area contributed by atoms with Crippen molar-refractivity contribution in [1.82, 2.24) is 0 Å². The average molecular weight is 299 g/mol. The Bertz CT molecular complexity index is 759. The molecule has 3 aromatic carbocycles. The van der Waals surface area contributed by atoms with Crippen LogP contribution in [0.2, 0.25) is 0 Å². The Balaban J connectivity index is 2.14. The van der Waals surface area contributed by atoms with E-state index in [1.165, 1.54) is 39.2 Å². The van der Waals surface area contributed by atoms with Crippen LogP contribution in [0.15, 0.2) is 66.7 Å². The predicted molar refractivity (Wildman–Crippen MR) is 104 cm³/mol. The normalized spacial score (nSPS) is 10.6. The molecular weight excluding hydrogens is 277 g/mol. The molecule has 0 N–H and O–H groups in total. The Kier molecular flexibility index (Phi) is 4.25. The minimum Gasteiger partial charge on any atom is -0.310 e. The van der Waals surface area contributed by atoms with Crippen LogP contribution in [0.25, 0.3) is 0 Å². The van der Waals surface area contributed by atoms with Crippen molar-refractivity contribution in [2.45, 2.75) is 20.8 Å². The number of benzene rings is 3. The number of rotatable bonds is 3. The van der Waals surface area contributed by atoms with Gasteiger partial charge in [0.15, 0.2) is 0 Å². The third kappa shape index (κ3) is 3.32. The molecule has 23 heavy (non-hydrogen) atoms. The monoisotopic (exact) mass is 299 g/mol. The van der Waals surface area contributed by atoms with Gasteiger partial charge in [-0.1, -0.05) is 52.5 Å². The molecule has 114 valence electrons. The van der Waals surface area contributed by atoms with E-state index >= 15 is 0 Å². The molecule has 3 rings (SSSR count). The summed E-state index contributed by atoms with van der Waals surface area (Å²) in [7, 11) is 2.15. The van der Waals surface area contributed by atoms with E-state index in [9.17, 15) is 0 Å². The summed E-state index contributed by atoms with van der Waals surface area (Å²) in [5.74, 6) is 0. The van der Waals surface area contributed by atoms with Gasteiger partial charge in [0.05, 0.1) is 0 Å². The smallest absolute Gasteiger partial charge is 0.139 e. The van der Waals surface area contributed by atoms with Crippen molar-refractivity contribution in [3.63, 3.8) is 0 Å². The van der Waals surface area contributed by atoms with Crippen LogP contribution in [-0.2, 0) is 0 Å². The van der Waals surface area contributed by atoms with E-state index in [0.29, 0.717) is 0 Å². The summed E-state index contributed by atoms with van der Waals surface area (Å²) in [6.45, 7) is 6.41.